The zero-order valence-corrected chi connectivity index (χ0v) is 21.8. The molecule has 2 aromatic rings. The summed E-state index contributed by atoms with van der Waals surface area (Å²) in [4.78, 5) is 33.0. The van der Waals surface area contributed by atoms with Crippen molar-refractivity contribution in [3.8, 4) is 0 Å². The lowest BCUT2D eigenvalue weighted by atomic mass is 9.78. The third kappa shape index (κ3) is 5.20. The molecule has 0 aromatic carbocycles. The molecule has 4 heterocycles. The van der Waals surface area contributed by atoms with Crippen molar-refractivity contribution in [2.24, 2.45) is 5.92 Å². The van der Waals surface area contributed by atoms with Crippen LogP contribution in [0.1, 0.15) is 68.5 Å². The van der Waals surface area contributed by atoms with E-state index in [1.54, 1.807) is 11.1 Å². The number of amides is 2. The zero-order valence-electron chi connectivity index (χ0n) is 20.3. The second kappa shape index (κ2) is 10.1. The Balaban J connectivity index is 1.33. The van der Waals surface area contributed by atoms with Gasteiger partial charge in [0.15, 0.2) is 0 Å². The SMILES string of the molecule is Cc1ncc(Cl)cc1N[C@@H](C)c1ccc(N(C=O)[C@@H](CC2CCCC2)C(=O)NC23COC(C2)C3)s1. The van der Waals surface area contributed by atoms with Gasteiger partial charge in [-0.05, 0) is 57.2 Å². The van der Waals surface area contributed by atoms with Gasteiger partial charge in [0.1, 0.15) is 6.04 Å². The molecule has 2 aliphatic carbocycles. The van der Waals surface area contributed by atoms with Crippen molar-refractivity contribution >= 4 is 45.9 Å². The number of ether oxygens (including phenoxy) is 1. The normalized spacial score (nSPS) is 25.1. The number of fused-ring (bicyclic) bond motifs is 1. The van der Waals surface area contributed by atoms with Crippen LogP contribution in [0.4, 0.5) is 10.7 Å². The van der Waals surface area contributed by atoms with Crippen LogP contribution in [0, 0.1) is 12.8 Å². The number of pyridine rings is 1. The molecule has 0 unspecified atom stereocenters. The average Bonchev–Trinajstić information content (AvgIpc) is 3.61. The molecular weight excluding hydrogens is 484 g/mol. The lowest BCUT2D eigenvalue weighted by Gasteiger charge is -2.38. The Morgan fingerprint density at radius 3 is 2.83 bits per heavy atom. The highest BCUT2D eigenvalue weighted by molar-refractivity contribution is 7.16. The van der Waals surface area contributed by atoms with Crippen molar-refractivity contribution in [3.63, 3.8) is 0 Å². The largest absolute Gasteiger partial charge is 0.376 e. The van der Waals surface area contributed by atoms with Crippen LogP contribution in [0.25, 0.3) is 0 Å². The molecule has 2 saturated heterocycles. The van der Waals surface area contributed by atoms with Gasteiger partial charge in [0.25, 0.3) is 0 Å². The minimum Gasteiger partial charge on any atom is -0.376 e. The van der Waals surface area contributed by atoms with E-state index in [-0.39, 0.29) is 23.6 Å². The number of nitrogens with zero attached hydrogens (tertiary/aromatic N) is 2. The van der Waals surface area contributed by atoms with Gasteiger partial charge in [0.2, 0.25) is 12.3 Å². The summed E-state index contributed by atoms with van der Waals surface area (Å²) in [5.74, 6) is 0.410. The maximum Gasteiger partial charge on any atom is 0.243 e. The predicted molar refractivity (Wildman–Crippen MR) is 139 cm³/mol. The fourth-order valence-electron chi connectivity index (χ4n) is 5.67. The number of thiophene rings is 1. The van der Waals surface area contributed by atoms with E-state index in [0.717, 1.165) is 53.4 Å². The standard InChI is InChI=1S/C26H33ClN4O3S/c1-16-21(10-19(27)13-28-16)29-17(2)23-7-8-24(35-23)31(15-32)22(9-18-5-3-4-6-18)25(33)30-26-11-20(12-26)34-14-26/h7-8,10,13,15,17-18,20,22,29H,3-6,9,11-12,14H2,1-2H3,(H,30,33)/t17-,20?,22-,26?/m0/s1. The van der Waals surface area contributed by atoms with E-state index in [4.69, 9.17) is 16.3 Å². The quantitative estimate of drug-likeness (QED) is 0.422. The number of halogens is 1. The number of hydrogen-bond acceptors (Lipinski definition) is 6. The maximum atomic E-state index is 13.5. The van der Waals surface area contributed by atoms with Gasteiger partial charge in [-0.1, -0.05) is 37.3 Å². The summed E-state index contributed by atoms with van der Waals surface area (Å²) in [7, 11) is 0. The molecule has 2 aliphatic heterocycles. The molecule has 4 fully saturated rings. The molecule has 6 rings (SSSR count). The van der Waals surface area contributed by atoms with Gasteiger partial charge >= 0.3 is 0 Å². The van der Waals surface area contributed by atoms with Crippen LogP contribution in [0.2, 0.25) is 5.02 Å². The molecule has 188 valence electrons. The first-order valence-electron chi connectivity index (χ1n) is 12.5. The number of nitrogens with one attached hydrogen (secondary N) is 2. The van der Waals surface area contributed by atoms with Gasteiger partial charge in [-0.2, -0.15) is 0 Å². The van der Waals surface area contributed by atoms with Crippen LogP contribution >= 0.6 is 22.9 Å². The van der Waals surface area contributed by atoms with Crippen LogP contribution < -0.4 is 15.5 Å². The summed E-state index contributed by atoms with van der Waals surface area (Å²) in [6, 6.07) is 5.31. The average molecular weight is 517 g/mol. The molecule has 2 saturated carbocycles. The lowest BCUT2D eigenvalue weighted by Crippen LogP contribution is -2.59. The summed E-state index contributed by atoms with van der Waals surface area (Å²) in [5, 5.41) is 8.10. The monoisotopic (exact) mass is 516 g/mol. The molecule has 0 radical (unpaired) electrons. The third-order valence-corrected chi connectivity index (χ3v) is 9.21. The minimum absolute atomic E-state index is 0.00948. The molecule has 35 heavy (non-hydrogen) atoms. The molecular formula is C26H33ClN4O3S. The highest BCUT2D eigenvalue weighted by Crippen LogP contribution is 2.43. The first kappa shape index (κ1) is 24.5. The Hall–Kier alpha value is -2.16. The van der Waals surface area contributed by atoms with Crippen molar-refractivity contribution in [1.29, 1.82) is 0 Å². The summed E-state index contributed by atoms with van der Waals surface area (Å²) >= 11 is 7.66. The zero-order chi connectivity index (χ0) is 24.6. The second-order valence-electron chi connectivity index (χ2n) is 10.4. The first-order valence-corrected chi connectivity index (χ1v) is 13.7. The molecule has 9 heteroatoms. The number of rotatable bonds is 10. The van der Waals surface area contributed by atoms with E-state index in [9.17, 15) is 9.59 Å². The summed E-state index contributed by atoms with van der Waals surface area (Å²) in [5.41, 5.74) is 1.50. The van der Waals surface area contributed by atoms with Gasteiger partial charge in [0, 0.05) is 11.1 Å². The highest BCUT2D eigenvalue weighted by Gasteiger charge is 2.53. The summed E-state index contributed by atoms with van der Waals surface area (Å²) in [6.07, 6.45) is 9.82. The van der Waals surface area contributed by atoms with Crippen LogP contribution in [-0.4, -0.2) is 41.6 Å². The lowest BCUT2D eigenvalue weighted by molar-refractivity contribution is -0.126. The van der Waals surface area contributed by atoms with Crippen LogP contribution in [0.5, 0.6) is 0 Å². The summed E-state index contributed by atoms with van der Waals surface area (Å²) in [6.45, 7) is 4.58. The molecule has 0 spiro atoms. The van der Waals surface area contributed by atoms with Crippen molar-refractivity contribution in [2.75, 3.05) is 16.8 Å². The number of aryl methyl sites for hydroxylation is 1. The number of carbonyl (C=O) groups is 2. The number of hydrogen-bond donors (Lipinski definition) is 2. The Labute approximate surface area is 215 Å². The maximum absolute atomic E-state index is 13.5. The van der Waals surface area contributed by atoms with E-state index in [0.29, 0.717) is 24.0 Å². The van der Waals surface area contributed by atoms with Gasteiger partial charge in [-0.25, -0.2) is 0 Å². The van der Waals surface area contributed by atoms with Crippen molar-refractivity contribution in [1.82, 2.24) is 10.3 Å². The highest BCUT2D eigenvalue weighted by atomic mass is 35.5. The third-order valence-electron chi connectivity index (χ3n) is 7.72. The first-order chi connectivity index (χ1) is 16.9. The van der Waals surface area contributed by atoms with Gasteiger partial charge in [-0.3, -0.25) is 19.5 Å². The smallest absolute Gasteiger partial charge is 0.243 e. The fraction of sp³-hybridized carbons (Fsp3) is 0.577. The summed E-state index contributed by atoms with van der Waals surface area (Å²) < 4.78 is 5.69. The molecule has 2 amide bonds. The van der Waals surface area contributed by atoms with Gasteiger partial charge < -0.3 is 15.4 Å². The van der Waals surface area contributed by atoms with E-state index in [2.05, 4.69) is 22.5 Å². The molecule has 2 bridgehead atoms. The van der Waals surface area contributed by atoms with E-state index < -0.39 is 6.04 Å². The van der Waals surface area contributed by atoms with Gasteiger partial charge in [-0.15, -0.1) is 11.3 Å². The molecule has 2 atom stereocenters. The Morgan fingerprint density at radius 2 is 2.14 bits per heavy atom. The number of anilines is 2. The second-order valence-corrected chi connectivity index (χ2v) is 11.9. The van der Waals surface area contributed by atoms with E-state index in [1.165, 1.54) is 24.2 Å². The predicted octanol–water partition coefficient (Wildman–Crippen LogP) is 5.24. The Kier molecular flexibility index (Phi) is 7.06. The van der Waals surface area contributed by atoms with Crippen LogP contribution in [0.15, 0.2) is 24.4 Å². The van der Waals surface area contributed by atoms with E-state index in [1.807, 2.05) is 25.1 Å². The van der Waals surface area contributed by atoms with Crippen molar-refractivity contribution < 1.29 is 14.3 Å². The molecule has 7 nitrogen and oxygen atoms in total. The number of carbonyl (C=O) groups excluding carboxylic acids is 2. The van der Waals surface area contributed by atoms with Crippen molar-refractivity contribution in [3.05, 3.63) is 40.0 Å². The van der Waals surface area contributed by atoms with Gasteiger partial charge in [0.05, 0.1) is 45.7 Å². The molecule has 4 aliphatic rings. The Bertz CT molecular complexity index is 1070. The topological polar surface area (TPSA) is 83.6 Å². The van der Waals surface area contributed by atoms with E-state index >= 15 is 0 Å². The Morgan fingerprint density at radius 1 is 1.37 bits per heavy atom. The fourth-order valence-corrected chi connectivity index (χ4v) is 6.85. The van der Waals surface area contributed by atoms with Crippen molar-refractivity contribution in [2.45, 2.75) is 82.5 Å². The molecule has 2 aromatic heterocycles. The van der Waals surface area contributed by atoms with Crippen LogP contribution in [-0.2, 0) is 14.3 Å². The molecule has 2 N–H and O–H groups in total. The number of aromatic nitrogens is 1. The minimum atomic E-state index is -0.515. The van der Waals surface area contributed by atoms with Crippen LogP contribution in [0.3, 0.4) is 0 Å².